The van der Waals surface area contributed by atoms with Gasteiger partial charge in [-0.3, -0.25) is 14.5 Å². The number of rotatable bonds is 6. The first-order chi connectivity index (χ1) is 17.5. The fourth-order valence-electron chi connectivity index (χ4n) is 4.40. The Morgan fingerprint density at radius 1 is 1.00 bits per heavy atom. The Morgan fingerprint density at radius 3 is 2.44 bits per heavy atom. The van der Waals surface area contributed by atoms with Gasteiger partial charge in [0.15, 0.2) is 16.6 Å². The summed E-state index contributed by atoms with van der Waals surface area (Å²) in [4.78, 5) is 32.9. The van der Waals surface area contributed by atoms with Crippen LogP contribution in [0.4, 0.5) is 5.13 Å². The van der Waals surface area contributed by atoms with Gasteiger partial charge >= 0.3 is 5.91 Å². The molecule has 1 aliphatic heterocycles. The molecule has 1 N–H and O–H groups in total. The number of thiazole rings is 1. The SMILES string of the molecule is CCc1ccc2nc(N3C(=O)C(=O)C(=C(O)c4ccccc4)[C@@H]3c3ccc(OC)c(OC)c3)sc2c1. The second kappa shape index (κ2) is 9.47. The van der Waals surface area contributed by atoms with Crippen molar-refractivity contribution in [3.63, 3.8) is 0 Å². The van der Waals surface area contributed by atoms with Gasteiger partial charge in [0.2, 0.25) is 0 Å². The molecule has 1 fully saturated rings. The zero-order valence-corrected chi connectivity index (χ0v) is 20.8. The lowest BCUT2D eigenvalue weighted by atomic mass is 9.95. The molecule has 7 nitrogen and oxygen atoms in total. The summed E-state index contributed by atoms with van der Waals surface area (Å²) in [6, 6.07) is 19.0. The van der Waals surface area contributed by atoms with Gasteiger partial charge in [-0.25, -0.2) is 4.98 Å². The number of aromatic nitrogens is 1. The van der Waals surface area contributed by atoms with Crippen LogP contribution in [0.2, 0.25) is 0 Å². The first-order valence-corrected chi connectivity index (χ1v) is 12.3. The number of hydrogen-bond acceptors (Lipinski definition) is 7. The molecule has 1 saturated heterocycles. The van der Waals surface area contributed by atoms with Crippen LogP contribution in [0.25, 0.3) is 16.0 Å². The normalized spacial score (nSPS) is 17.1. The van der Waals surface area contributed by atoms with Gasteiger partial charge in [0.05, 0.1) is 36.1 Å². The Hall–Kier alpha value is -4.17. The van der Waals surface area contributed by atoms with Crippen LogP contribution in [0.5, 0.6) is 11.5 Å². The molecule has 1 atom stereocenters. The highest BCUT2D eigenvalue weighted by molar-refractivity contribution is 7.22. The van der Waals surface area contributed by atoms with E-state index in [0.29, 0.717) is 27.8 Å². The Morgan fingerprint density at radius 2 is 1.75 bits per heavy atom. The molecule has 5 rings (SSSR count). The maximum Gasteiger partial charge on any atom is 0.301 e. The summed E-state index contributed by atoms with van der Waals surface area (Å²) in [7, 11) is 3.05. The molecule has 2 heterocycles. The predicted octanol–water partition coefficient (Wildman–Crippen LogP) is 5.50. The van der Waals surface area contributed by atoms with E-state index in [1.165, 1.54) is 30.5 Å². The van der Waals surface area contributed by atoms with Crippen LogP contribution in [0.3, 0.4) is 0 Å². The van der Waals surface area contributed by atoms with Gasteiger partial charge in [0, 0.05) is 5.56 Å². The summed E-state index contributed by atoms with van der Waals surface area (Å²) in [5.41, 5.74) is 2.91. The van der Waals surface area contributed by atoms with Crippen molar-refractivity contribution in [2.24, 2.45) is 0 Å². The smallest absolute Gasteiger partial charge is 0.301 e. The number of amides is 1. The number of anilines is 1. The van der Waals surface area contributed by atoms with E-state index in [9.17, 15) is 14.7 Å². The second-order valence-electron chi connectivity index (χ2n) is 8.30. The highest BCUT2D eigenvalue weighted by atomic mass is 32.1. The van der Waals surface area contributed by atoms with Crippen molar-refractivity contribution >= 4 is 44.1 Å². The zero-order valence-electron chi connectivity index (χ0n) is 20.0. The fourth-order valence-corrected chi connectivity index (χ4v) is 5.46. The van der Waals surface area contributed by atoms with Crippen molar-refractivity contribution in [2.45, 2.75) is 19.4 Å². The van der Waals surface area contributed by atoms with E-state index in [0.717, 1.165) is 22.2 Å². The molecule has 0 spiro atoms. The molecule has 0 radical (unpaired) electrons. The third kappa shape index (κ3) is 3.89. The number of benzene rings is 3. The number of hydrogen-bond donors (Lipinski definition) is 1. The van der Waals surface area contributed by atoms with E-state index < -0.39 is 17.7 Å². The van der Waals surface area contributed by atoms with E-state index >= 15 is 0 Å². The molecule has 3 aromatic carbocycles. The molecule has 0 bridgehead atoms. The molecule has 36 heavy (non-hydrogen) atoms. The molecule has 182 valence electrons. The number of aliphatic hydroxyl groups excluding tert-OH is 1. The van der Waals surface area contributed by atoms with Gasteiger partial charge in [-0.1, -0.05) is 60.7 Å². The summed E-state index contributed by atoms with van der Waals surface area (Å²) < 4.78 is 11.8. The summed E-state index contributed by atoms with van der Waals surface area (Å²) in [6.07, 6.45) is 0.871. The van der Waals surface area contributed by atoms with E-state index in [1.54, 1.807) is 42.5 Å². The average Bonchev–Trinajstić information content (AvgIpc) is 3.45. The Labute approximate surface area is 212 Å². The Bertz CT molecular complexity index is 1510. The van der Waals surface area contributed by atoms with Crippen molar-refractivity contribution in [3.05, 3.63) is 89.0 Å². The lowest BCUT2D eigenvalue weighted by Crippen LogP contribution is -2.29. The minimum Gasteiger partial charge on any atom is -0.507 e. The average molecular weight is 501 g/mol. The number of aliphatic hydroxyl groups is 1. The number of methoxy groups -OCH3 is 2. The van der Waals surface area contributed by atoms with E-state index in [-0.39, 0.29) is 11.3 Å². The van der Waals surface area contributed by atoms with Gasteiger partial charge in [-0.15, -0.1) is 0 Å². The van der Waals surface area contributed by atoms with Crippen LogP contribution in [0.15, 0.2) is 72.3 Å². The largest absolute Gasteiger partial charge is 0.507 e. The molecule has 0 saturated carbocycles. The quantitative estimate of drug-likeness (QED) is 0.214. The predicted molar refractivity (Wildman–Crippen MR) is 140 cm³/mol. The van der Waals surface area contributed by atoms with Gasteiger partial charge in [-0.2, -0.15) is 0 Å². The number of aryl methyl sites for hydroxylation is 1. The monoisotopic (exact) mass is 500 g/mol. The number of ketones is 1. The fraction of sp³-hybridized carbons (Fsp3) is 0.179. The minimum atomic E-state index is -0.906. The lowest BCUT2D eigenvalue weighted by Gasteiger charge is -2.23. The van der Waals surface area contributed by atoms with Crippen LogP contribution in [-0.4, -0.2) is 36.0 Å². The summed E-state index contributed by atoms with van der Waals surface area (Å²) in [5, 5.41) is 11.6. The molecule has 4 aromatic rings. The number of carbonyl (C=O) groups excluding carboxylic acids is 2. The highest BCUT2D eigenvalue weighted by Gasteiger charge is 2.48. The summed E-state index contributed by atoms with van der Waals surface area (Å²) >= 11 is 1.34. The number of Topliss-reactive ketones (excluding diaryl/α,β-unsaturated/α-hetero) is 1. The maximum absolute atomic E-state index is 13.5. The Balaban J connectivity index is 1.74. The third-order valence-electron chi connectivity index (χ3n) is 6.27. The number of fused-ring (bicyclic) bond motifs is 1. The maximum atomic E-state index is 13.5. The summed E-state index contributed by atoms with van der Waals surface area (Å²) in [6.45, 7) is 2.07. The first kappa shape index (κ1) is 23.6. The number of nitrogens with zero attached hydrogens (tertiary/aromatic N) is 2. The molecular weight excluding hydrogens is 476 g/mol. The number of ether oxygens (including phenoxy) is 2. The van der Waals surface area contributed by atoms with Crippen molar-refractivity contribution in [1.82, 2.24) is 4.98 Å². The second-order valence-corrected chi connectivity index (χ2v) is 9.31. The van der Waals surface area contributed by atoms with Gasteiger partial charge in [-0.05, 0) is 41.8 Å². The van der Waals surface area contributed by atoms with Gasteiger partial charge < -0.3 is 14.6 Å². The molecular formula is C28H24N2O5S. The van der Waals surface area contributed by atoms with Crippen molar-refractivity contribution < 1.29 is 24.2 Å². The molecule has 1 amide bonds. The Kier molecular flexibility index (Phi) is 6.20. The lowest BCUT2D eigenvalue weighted by molar-refractivity contribution is -0.132. The molecule has 8 heteroatoms. The highest BCUT2D eigenvalue weighted by Crippen LogP contribution is 2.45. The molecule has 0 aliphatic carbocycles. The van der Waals surface area contributed by atoms with E-state index in [1.807, 2.05) is 24.3 Å². The third-order valence-corrected chi connectivity index (χ3v) is 7.29. The van der Waals surface area contributed by atoms with Crippen LogP contribution in [0.1, 0.15) is 29.7 Å². The van der Waals surface area contributed by atoms with Crippen molar-refractivity contribution in [2.75, 3.05) is 19.1 Å². The van der Waals surface area contributed by atoms with E-state index in [2.05, 4.69) is 11.9 Å². The number of carbonyl (C=O) groups is 2. The van der Waals surface area contributed by atoms with Gasteiger partial charge in [0.1, 0.15) is 5.76 Å². The van der Waals surface area contributed by atoms with Crippen LogP contribution in [-0.2, 0) is 16.0 Å². The van der Waals surface area contributed by atoms with Crippen molar-refractivity contribution in [1.29, 1.82) is 0 Å². The van der Waals surface area contributed by atoms with Crippen LogP contribution < -0.4 is 14.4 Å². The standard InChI is InChI=1S/C28H24N2O5S/c1-4-16-10-12-19-22(14-16)36-28(29-19)30-24(18-11-13-20(34-2)21(15-18)35-3)23(26(32)27(30)33)25(31)17-8-6-5-7-9-17/h5-15,24,31H,4H2,1-3H3/t24-/m0/s1. The zero-order chi connectivity index (χ0) is 25.4. The molecule has 1 aromatic heterocycles. The topological polar surface area (TPSA) is 89.0 Å². The van der Waals surface area contributed by atoms with Crippen molar-refractivity contribution in [3.8, 4) is 11.5 Å². The first-order valence-electron chi connectivity index (χ1n) is 11.4. The van der Waals surface area contributed by atoms with Gasteiger partial charge in [0.25, 0.3) is 5.78 Å². The van der Waals surface area contributed by atoms with Crippen LogP contribution >= 0.6 is 11.3 Å². The molecule has 0 unspecified atom stereocenters. The molecule has 1 aliphatic rings. The van der Waals surface area contributed by atoms with Crippen LogP contribution in [0, 0.1) is 0 Å². The van der Waals surface area contributed by atoms with E-state index in [4.69, 9.17) is 9.47 Å². The minimum absolute atomic E-state index is 0.00748. The summed E-state index contributed by atoms with van der Waals surface area (Å²) in [5.74, 6) is -0.817.